The van der Waals surface area contributed by atoms with Gasteiger partial charge in [-0.15, -0.1) is 0 Å². The molecular weight excluding hydrogens is 351 g/mol. The number of rotatable bonds is 1. The minimum absolute atomic E-state index is 0.230. The van der Waals surface area contributed by atoms with E-state index in [9.17, 15) is 4.79 Å². The second-order valence-electron chi connectivity index (χ2n) is 5.05. The van der Waals surface area contributed by atoms with Gasteiger partial charge in [0.25, 0.3) is 5.56 Å². The number of nitrogens with one attached hydrogen (secondary N) is 2. The van der Waals surface area contributed by atoms with Crippen LogP contribution in [0.3, 0.4) is 0 Å². The first-order valence-corrected chi connectivity index (χ1v) is 8.46. The lowest BCUT2D eigenvalue weighted by molar-refractivity contribution is 1.16. The van der Waals surface area contributed by atoms with Crippen LogP contribution in [0.4, 0.5) is 11.4 Å². The second-order valence-corrected chi connectivity index (χ2v) is 6.95. The van der Waals surface area contributed by atoms with Crippen molar-refractivity contribution in [2.24, 2.45) is 0 Å². The van der Waals surface area contributed by atoms with Crippen LogP contribution in [-0.4, -0.2) is 4.98 Å². The third-order valence-corrected chi connectivity index (χ3v) is 5.38. The van der Waals surface area contributed by atoms with Gasteiger partial charge in [0.05, 0.1) is 31.9 Å². The summed E-state index contributed by atoms with van der Waals surface area (Å²) in [4.78, 5) is 17.3. The Labute approximate surface area is 146 Å². The average Bonchev–Trinajstić information content (AvgIpc) is 2.55. The molecule has 114 valence electrons. The van der Waals surface area contributed by atoms with Crippen LogP contribution in [0, 0.1) is 0 Å². The van der Waals surface area contributed by atoms with Crippen molar-refractivity contribution in [1.82, 2.24) is 4.98 Å². The minimum atomic E-state index is -0.230. The molecule has 1 aliphatic rings. The van der Waals surface area contributed by atoms with Crippen LogP contribution in [0.2, 0.25) is 10.0 Å². The number of anilines is 2. The highest BCUT2D eigenvalue weighted by molar-refractivity contribution is 7.99. The highest BCUT2D eigenvalue weighted by Crippen LogP contribution is 2.48. The molecule has 3 nitrogen and oxygen atoms in total. The van der Waals surface area contributed by atoms with E-state index in [2.05, 4.69) is 10.3 Å². The van der Waals surface area contributed by atoms with Gasteiger partial charge in [0.15, 0.2) is 0 Å². The van der Waals surface area contributed by atoms with Crippen molar-refractivity contribution in [3.63, 3.8) is 0 Å². The minimum Gasteiger partial charge on any atom is -0.353 e. The molecule has 0 saturated heterocycles. The molecule has 23 heavy (non-hydrogen) atoms. The first-order valence-electron chi connectivity index (χ1n) is 6.89. The van der Waals surface area contributed by atoms with E-state index in [1.807, 2.05) is 24.3 Å². The van der Waals surface area contributed by atoms with Gasteiger partial charge >= 0.3 is 0 Å². The summed E-state index contributed by atoms with van der Waals surface area (Å²) in [5.41, 5.74) is 2.46. The number of hydrogen-bond donors (Lipinski definition) is 2. The molecule has 1 aromatic heterocycles. The lowest BCUT2D eigenvalue weighted by atomic mass is 10.0. The topological polar surface area (TPSA) is 44.9 Å². The number of H-pyrrole nitrogens is 1. The Kier molecular flexibility index (Phi) is 3.60. The molecule has 2 aromatic carbocycles. The van der Waals surface area contributed by atoms with Crippen LogP contribution < -0.4 is 10.9 Å². The third kappa shape index (κ3) is 2.43. The summed E-state index contributed by atoms with van der Waals surface area (Å²) in [6.45, 7) is 0. The molecule has 0 fully saturated rings. The van der Waals surface area contributed by atoms with Crippen molar-refractivity contribution in [1.29, 1.82) is 0 Å². The first-order chi connectivity index (χ1) is 11.1. The van der Waals surface area contributed by atoms with Gasteiger partial charge in [-0.2, -0.15) is 0 Å². The van der Waals surface area contributed by atoms with E-state index in [0.717, 1.165) is 21.2 Å². The molecule has 2 heterocycles. The summed E-state index contributed by atoms with van der Waals surface area (Å²) in [5, 5.41) is 4.24. The Bertz CT molecular complexity index is 964. The maximum absolute atomic E-state index is 12.5. The van der Waals surface area contributed by atoms with E-state index in [0.29, 0.717) is 21.2 Å². The molecule has 0 atom stereocenters. The molecule has 0 saturated carbocycles. The summed E-state index contributed by atoms with van der Waals surface area (Å²) >= 11 is 14.2. The monoisotopic (exact) mass is 360 g/mol. The second kappa shape index (κ2) is 5.64. The van der Waals surface area contributed by atoms with Crippen LogP contribution in [0.25, 0.3) is 11.1 Å². The molecule has 2 N–H and O–H groups in total. The Hall–Kier alpha value is -1.88. The first kappa shape index (κ1) is 14.7. The van der Waals surface area contributed by atoms with Gasteiger partial charge in [0.2, 0.25) is 0 Å². The van der Waals surface area contributed by atoms with Gasteiger partial charge in [0, 0.05) is 16.7 Å². The van der Waals surface area contributed by atoms with Crippen molar-refractivity contribution in [2.45, 2.75) is 9.79 Å². The van der Waals surface area contributed by atoms with E-state index in [4.69, 9.17) is 23.2 Å². The van der Waals surface area contributed by atoms with Gasteiger partial charge in [-0.1, -0.05) is 53.2 Å². The van der Waals surface area contributed by atoms with Crippen LogP contribution >= 0.6 is 35.0 Å². The number of para-hydroxylation sites is 1. The van der Waals surface area contributed by atoms with E-state index in [1.165, 1.54) is 0 Å². The van der Waals surface area contributed by atoms with Gasteiger partial charge in [-0.3, -0.25) is 4.79 Å². The molecule has 6 heteroatoms. The van der Waals surface area contributed by atoms with E-state index in [-0.39, 0.29) is 5.56 Å². The Morgan fingerprint density at radius 2 is 1.61 bits per heavy atom. The lowest BCUT2D eigenvalue weighted by Gasteiger charge is -2.23. The maximum Gasteiger partial charge on any atom is 0.258 e. The largest absolute Gasteiger partial charge is 0.353 e. The molecule has 0 amide bonds. The molecular formula is C17H10Cl2N2OS. The van der Waals surface area contributed by atoms with Crippen LogP contribution in [-0.2, 0) is 0 Å². The molecule has 1 aliphatic heterocycles. The SMILES string of the molecule is O=c1[nH]cc2c(c1-c1c(Cl)cccc1Cl)Nc1ccccc1S2. The number of aromatic nitrogens is 1. The predicted octanol–water partition coefficient (Wildman–Crippen LogP) is 5.56. The summed E-state index contributed by atoms with van der Waals surface area (Å²) in [5.74, 6) is 0. The molecule has 0 spiro atoms. The van der Waals surface area contributed by atoms with Crippen LogP contribution in [0.5, 0.6) is 0 Å². The Morgan fingerprint density at radius 3 is 2.39 bits per heavy atom. The van der Waals surface area contributed by atoms with Crippen molar-refractivity contribution in [2.75, 3.05) is 5.32 Å². The molecule has 4 rings (SSSR count). The summed E-state index contributed by atoms with van der Waals surface area (Å²) in [6, 6.07) is 13.2. The quantitative estimate of drug-likeness (QED) is 0.467. The summed E-state index contributed by atoms with van der Waals surface area (Å²) in [7, 11) is 0. The zero-order chi connectivity index (χ0) is 16.0. The average molecular weight is 361 g/mol. The highest BCUT2D eigenvalue weighted by atomic mass is 35.5. The third-order valence-electron chi connectivity index (χ3n) is 3.64. The van der Waals surface area contributed by atoms with Gasteiger partial charge in [0.1, 0.15) is 0 Å². The van der Waals surface area contributed by atoms with Crippen molar-refractivity contribution >= 4 is 46.3 Å². The number of halogens is 2. The molecule has 0 radical (unpaired) electrons. The number of fused-ring (bicyclic) bond motifs is 2. The fraction of sp³-hybridized carbons (Fsp3) is 0. The fourth-order valence-electron chi connectivity index (χ4n) is 2.60. The molecule has 0 unspecified atom stereocenters. The lowest BCUT2D eigenvalue weighted by Crippen LogP contribution is -2.14. The van der Waals surface area contributed by atoms with Crippen LogP contribution in [0.1, 0.15) is 0 Å². The zero-order valence-electron chi connectivity index (χ0n) is 11.7. The number of pyridine rings is 1. The van der Waals surface area contributed by atoms with Gasteiger partial charge in [-0.25, -0.2) is 0 Å². The van der Waals surface area contributed by atoms with Crippen molar-refractivity contribution in [3.8, 4) is 11.1 Å². The van der Waals surface area contributed by atoms with Crippen molar-refractivity contribution in [3.05, 3.63) is 69.1 Å². The summed E-state index contributed by atoms with van der Waals surface area (Å²) in [6.07, 6.45) is 1.71. The normalized spacial score (nSPS) is 12.3. The smallest absolute Gasteiger partial charge is 0.258 e. The summed E-state index contributed by atoms with van der Waals surface area (Å²) < 4.78 is 0. The van der Waals surface area contributed by atoms with Gasteiger partial charge < -0.3 is 10.3 Å². The van der Waals surface area contributed by atoms with Gasteiger partial charge in [-0.05, 0) is 24.3 Å². The number of benzene rings is 2. The van der Waals surface area contributed by atoms with Crippen LogP contribution in [0.15, 0.2) is 63.2 Å². The Balaban J connectivity index is 1.99. The highest BCUT2D eigenvalue weighted by Gasteiger charge is 2.23. The van der Waals surface area contributed by atoms with E-state index >= 15 is 0 Å². The molecule has 0 bridgehead atoms. The standard InChI is InChI=1S/C17H10Cl2N2OS/c18-9-4-3-5-10(19)14(9)15-16-13(8-20-17(15)22)23-12-7-2-1-6-11(12)21-16/h1-8,21H,(H,20,22). The molecule has 3 aromatic rings. The number of aromatic amines is 1. The van der Waals surface area contributed by atoms with Crippen molar-refractivity contribution < 1.29 is 0 Å². The van der Waals surface area contributed by atoms with E-state index < -0.39 is 0 Å². The van der Waals surface area contributed by atoms with E-state index in [1.54, 1.807) is 36.2 Å². The fourth-order valence-corrected chi connectivity index (χ4v) is 4.18. The zero-order valence-corrected chi connectivity index (χ0v) is 14.0. The number of hydrogen-bond acceptors (Lipinski definition) is 3. The maximum atomic E-state index is 12.5. The Morgan fingerprint density at radius 1 is 0.870 bits per heavy atom. The molecule has 0 aliphatic carbocycles. The predicted molar refractivity (Wildman–Crippen MR) is 96.4 cm³/mol.